The van der Waals surface area contributed by atoms with Gasteiger partial charge in [-0.1, -0.05) is 33.8 Å². The second kappa shape index (κ2) is 7.58. The number of hydrogen-bond acceptors (Lipinski definition) is 3. The van der Waals surface area contributed by atoms with Crippen molar-refractivity contribution in [2.75, 3.05) is 20.1 Å². The highest BCUT2D eigenvalue weighted by Gasteiger charge is 2.73. The summed E-state index contributed by atoms with van der Waals surface area (Å²) in [6.45, 7) is 17.1. The molecule has 0 amide bonds. The van der Waals surface area contributed by atoms with Crippen LogP contribution >= 0.6 is 0 Å². The molecule has 1 heterocycles. The van der Waals surface area contributed by atoms with Crippen LogP contribution in [0.4, 0.5) is 0 Å². The zero-order valence-electron chi connectivity index (χ0n) is 22.8. The Morgan fingerprint density at radius 2 is 1.91 bits per heavy atom. The molecule has 3 saturated carbocycles. The lowest BCUT2D eigenvalue weighted by Crippen LogP contribution is -2.70. The zero-order chi connectivity index (χ0) is 24.1. The molecule has 1 saturated heterocycles. The van der Waals surface area contributed by atoms with Crippen LogP contribution in [0.25, 0.3) is 0 Å². The number of rotatable bonds is 5. The molecular formula is C30H48N2OSi. The molecule has 6 rings (SSSR count). The van der Waals surface area contributed by atoms with Crippen molar-refractivity contribution in [1.29, 1.82) is 0 Å². The Labute approximate surface area is 209 Å². The zero-order valence-corrected chi connectivity index (χ0v) is 23.8. The predicted octanol–water partition coefficient (Wildman–Crippen LogP) is 6.37. The van der Waals surface area contributed by atoms with Gasteiger partial charge in [-0.05, 0) is 123 Å². The molecule has 4 heteroatoms. The lowest BCUT2D eigenvalue weighted by molar-refractivity contribution is -0.0955. The normalized spacial score (nSPS) is 39.5. The molecule has 0 aromatic heterocycles. The van der Waals surface area contributed by atoms with Gasteiger partial charge in [0, 0.05) is 24.0 Å². The van der Waals surface area contributed by atoms with Crippen LogP contribution in [0.5, 0.6) is 5.75 Å². The van der Waals surface area contributed by atoms with E-state index in [1.54, 1.807) is 11.1 Å². The number of piperidine rings is 1. The minimum Gasteiger partial charge on any atom is -0.543 e. The molecule has 188 valence electrons. The Kier molecular flexibility index (Phi) is 5.25. The summed E-state index contributed by atoms with van der Waals surface area (Å²) in [6.07, 6.45) is 9.72. The maximum atomic E-state index is 6.91. The van der Waals surface area contributed by atoms with Gasteiger partial charge in [-0.15, -0.1) is 0 Å². The van der Waals surface area contributed by atoms with Crippen molar-refractivity contribution in [1.82, 2.24) is 10.2 Å². The molecule has 5 unspecified atom stereocenters. The topological polar surface area (TPSA) is 24.5 Å². The number of fused-ring (bicyclic) bond motifs is 1. The molecule has 4 bridgehead atoms. The summed E-state index contributed by atoms with van der Waals surface area (Å²) in [5, 5.41) is 4.03. The van der Waals surface area contributed by atoms with E-state index < -0.39 is 8.32 Å². The van der Waals surface area contributed by atoms with Crippen molar-refractivity contribution >= 4 is 8.32 Å². The van der Waals surface area contributed by atoms with Gasteiger partial charge in [0.05, 0.1) is 0 Å². The molecule has 6 atom stereocenters. The summed E-state index contributed by atoms with van der Waals surface area (Å²) in [5.41, 5.74) is 4.11. The van der Waals surface area contributed by atoms with E-state index in [1.807, 2.05) is 0 Å². The summed E-state index contributed by atoms with van der Waals surface area (Å²) in [7, 11) is 0.356. The Balaban J connectivity index is 1.47. The molecular weight excluding hydrogens is 432 g/mol. The molecule has 3 nitrogen and oxygen atoms in total. The smallest absolute Gasteiger partial charge is 0.250 e. The van der Waals surface area contributed by atoms with Crippen LogP contribution in [-0.4, -0.2) is 45.4 Å². The number of nitrogens with zero attached hydrogens (tertiary/aromatic N) is 1. The molecule has 0 spiro atoms. The molecule has 1 aromatic rings. The van der Waals surface area contributed by atoms with Crippen LogP contribution in [-0.2, 0) is 11.8 Å². The highest BCUT2D eigenvalue weighted by Crippen LogP contribution is 2.73. The van der Waals surface area contributed by atoms with Gasteiger partial charge in [-0.25, -0.2) is 0 Å². The van der Waals surface area contributed by atoms with Crippen molar-refractivity contribution in [2.24, 2.45) is 23.2 Å². The van der Waals surface area contributed by atoms with Gasteiger partial charge in [0.25, 0.3) is 0 Å². The fourth-order valence-electron chi connectivity index (χ4n) is 9.15. The van der Waals surface area contributed by atoms with Gasteiger partial charge < -0.3 is 9.74 Å². The Morgan fingerprint density at radius 1 is 1.15 bits per heavy atom. The number of benzene rings is 1. The fraction of sp³-hybridized carbons (Fsp3) is 0.800. The van der Waals surface area contributed by atoms with E-state index in [4.69, 9.17) is 4.43 Å². The van der Waals surface area contributed by atoms with Crippen LogP contribution in [0.2, 0.25) is 18.1 Å². The van der Waals surface area contributed by atoms with E-state index in [0.29, 0.717) is 16.9 Å². The average molecular weight is 481 g/mol. The fourth-order valence-corrected chi connectivity index (χ4v) is 10.2. The van der Waals surface area contributed by atoms with E-state index in [9.17, 15) is 0 Å². The first-order valence-corrected chi connectivity index (χ1v) is 17.2. The first kappa shape index (κ1) is 23.5. The van der Waals surface area contributed by atoms with Gasteiger partial charge in [-0.2, -0.15) is 0 Å². The SMILES string of the molecule is CNC1CCC23C[C@H](C)C1C21CCN(CC2CC2)C3Cc2ccc(O[Si](C)(C)C(C)(C)C)cc21. The average Bonchev–Trinajstić information content (AvgIpc) is 3.55. The third-order valence-corrected chi connectivity index (χ3v) is 16.0. The van der Waals surface area contributed by atoms with E-state index in [0.717, 1.165) is 29.5 Å². The quantitative estimate of drug-likeness (QED) is 0.495. The van der Waals surface area contributed by atoms with Crippen LogP contribution in [0.15, 0.2) is 18.2 Å². The molecule has 34 heavy (non-hydrogen) atoms. The number of hydrogen-bond donors (Lipinski definition) is 1. The second-order valence-electron chi connectivity index (χ2n) is 14.4. The van der Waals surface area contributed by atoms with Crippen LogP contribution in [0, 0.1) is 23.2 Å². The highest BCUT2D eigenvalue weighted by molar-refractivity contribution is 6.74. The summed E-state index contributed by atoms with van der Waals surface area (Å²) < 4.78 is 6.91. The summed E-state index contributed by atoms with van der Waals surface area (Å²) in [5.74, 6) is 3.67. The van der Waals surface area contributed by atoms with Crippen molar-refractivity contribution in [3.05, 3.63) is 29.3 Å². The largest absolute Gasteiger partial charge is 0.543 e. The third-order valence-electron chi connectivity index (χ3n) is 11.7. The molecule has 1 aromatic carbocycles. The van der Waals surface area contributed by atoms with Crippen molar-refractivity contribution in [2.45, 2.75) is 108 Å². The van der Waals surface area contributed by atoms with Crippen LogP contribution in [0.1, 0.15) is 77.3 Å². The number of nitrogens with one attached hydrogen (secondary N) is 1. The van der Waals surface area contributed by atoms with E-state index >= 15 is 0 Å². The Bertz CT molecular complexity index is 965. The molecule has 0 radical (unpaired) electrons. The van der Waals surface area contributed by atoms with Gasteiger partial charge in [0.1, 0.15) is 5.75 Å². The van der Waals surface area contributed by atoms with Gasteiger partial charge >= 0.3 is 0 Å². The lowest BCUT2D eigenvalue weighted by Gasteiger charge is -2.66. The maximum absolute atomic E-state index is 6.91. The van der Waals surface area contributed by atoms with Crippen molar-refractivity contribution in [3.63, 3.8) is 0 Å². The molecule has 5 aliphatic rings. The summed E-state index contributed by atoms with van der Waals surface area (Å²) in [6, 6.07) is 8.75. The highest BCUT2D eigenvalue weighted by atomic mass is 28.4. The predicted molar refractivity (Wildman–Crippen MR) is 144 cm³/mol. The first-order valence-electron chi connectivity index (χ1n) is 14.3. The number of likely N-dealkylation sites (tertiary alicyclic amines) is 1. The van der Waals surface area contributed by atoms with Crippen molar-refractivity contribution < 1.29 is 4.43 Å². The minimum absolute atomic E-state index is 0.220. The Morgan fingerprint density at radius 3 is 2.59 bits per heavy atom. The second-order valence-corrected chi connectivity index (χ2v) is 19.1. The minimum atomic E-state index is -1.87. The van der Waals surface area contributed by atoms with E-state index in [-0.39, 0.29) is 5.04 Å². The summed E-state index contributed by atoms with van der Waals surface area (Å²) >= 11 is 0. The van der Waals surface area contributed by atoms with Crippen LogP contribution < -0.4 is 9.74 Å². The monoisotopic (exact) mass is 480 g/mol. The summed E-state index contributed by atoms with van der Waals surface area (Å²) in [4.78, 5) is 2.98. The third kappa shape index (κ3) is 3.13. The van der Waals surface area contributed by atoms with Gasteiger partial charge in [-0.3, -0.25) is 4.90 Å². The molecule has 1 N–H and O–H groups in total. The van der Waals surface area contributed by atoms with Crippen molar-refractivity contribution in [3.8, 4) is 5.75 Å². The first-order chi connectivity index (χ1) is 16.0. The van der Waals surface area contributed by atoms with E-state index in [1.165, 1.54) is 58.0 Å². The standard InChI is InChI=1S/C30H48N2OSi/c1-20-18-29-13-12-25(31-5)27(20)30(29)14-15-32(19-21-8-9-21)26(29)16-22-10-11-23(17-24(22)30)33-34(6,7)28(2,3)4/h10-11,17,20-21,25-27,31H,8-9,12-16,18-19H2,1-7H3/t20-,25?,26?,27?,29?,30?/m0/s1. The van der Waals surface area contributed by atoms with Crippen LogP contribution in [0.3, 0.4) is 0 Å². The van der Waals surface area contributed by atoms with Gasteiger partial charge in [0.15, 0.2) is 0 Å². The lowest BCUT2D eigenvalue weighted by atomic mass is 9.43. The Hall–Kier alpha value is -0.843. The molecule has 4 aliphatic carbocycles. The van der Waals surface area contributed by atoms with E-state index in [2.05, 4.69) is 76.3 Å². The molecule has 4 fully saturated rings. The van der Waals surface area contributed by atoms with Gasteiger partial charge in [0.2, 0.25) is 8.32 Å². The maximum Gasteiger partial charge on any atom is 0.250 e. The molecule has 1 aliphatic heterocycles.